The second-order valence-electron chi connectivity index (χ2n) is 5.46. The fourth-order valence-electron chi connectivity index (χ4n) is 2.55. The number of rotatable bonds is 4. The number of hydrogen-bond donors (Lipinski definition) is 1. The molecule has 0 spiro atoms. The van der Waals surface area contributed by atoms with E-state index in [0.717, 1.165) is 11.3 Å². The zero-order valence-corrected chi connectivity index (χ0v) is 14.1. The van der Waals surface area contributed by atoms with Crippen molar-refractivity contribution in [3.63, 3.8) is 0 Å². The number of hydrogen-bond acceptors (Lipinski definition) is 5. The molecule has 0 saturated carbocycles. The fourth-order valence-corrected chi connectivity index (χ4v) is 2.55. The van der Waals surface area contributed by atoms with E-state index in [1.165, 1.54) is 13.3 Å². The van der Waals surface area contributed by atoms with Gasteiger partial charge in [-0.05, 0) is 35.9 Å². The minimum absolute atomic E-state index is 0.105. The Hall–Kier alpha value is -3.85. The van der Waals surface area contributed by atoms with E-state index < -0.39 is 5.97 Å². The van der Waals surface area contributed by atoms with Gasteiger partial charge in [0.1, 0.15) is 6.07 Å². The van der Waals surface area contributed by atoms with E-state index in [2.05, 4.69) is 4.98 Å². The predicted molar refractivity (Wildman–Crippen MR) is 99.4 cm³/mol. The number of pyridine rings is 1. The molecule has 6 nitrogen and oxygen atoms in total. The number of esters is 1. The van der Waals surface area contributed by atoms with Crippen LogP contribution < -0.4 is 5.73 Å². The van der Waals surface area contributed by atoms with E-state index in [0.29, 0.717) is 5.69 Å². The lowest BCUT2D eigenvalue weighted by Crippen LogP contribution is -2.11. The van der Waals surface area contributed by atoms with Crippen LogP contribution in [0.1, 0.15) is 27.3 Å². The first-order valence-electron chi connectivity index (χ1n) is 7.83. The second kappa shape index (κ2) is 7.36. The molecule has 2 N–H and O–H groups in total. The molecule has 0 atom stereocenters. The quantitative estimate of drug-likeness (QED) is 0.733. The van der Waals surface area contributed by atoms with Crippen molar-refractivity contribution in [2.75, 3.05) is 12.8 Å². The van der Waals surface area contributed by atoms with Crippen molar-refractivity contribution in [2.45, 2.75) is 0 Å². The van der Waals surface area contributed by atoms with Gasteiger partial charge in [-0.15, -0.1) is 0 Å². The summed E-state index contributed by atoms with van der Waals surface area (Å²) in [7, 11) is 1.27. The van der Waals surface area contributed by atoms with Crippen LogP contribution >= 0.6 is 0 Å². The number of nitrogens with zero attached hydrogens (tertiary/aromatic N) is 3. The predicted octanol–water partition coefficient (Wildman–Crippen LogP) is 3.28. The molecular formula is C20H16N4O2. The van der Waals surface area contributed by atoms with Gasteiger partial charge in [0, 0.05) is 18.1 Å². The molecule has 1 aromatic carbocycles. The molecule has 0 aliphatic heterocycles. The number of carbonyl (C=O) groups is 1. The third-order valence-corrected chi connectivity index (χ3v) is 3.83. The van der Waals surface area contributed by atoms with Gasteiger partial charge >= 0.3 is 5.97 Å². The summed E-state index contributed by atoms with van der Waals surface area (Å²) in [4.78, 5) is 16.3. The summed E-state index contributed by atoms with van der Waals surface area (Å²) in [5, 5.41) is 9.21. The molecule has 6 heteroatoms. The van der Waals surface area contributed by atoms with Crippen molar-refractivity contribution in [3.05, 3.63) is 77.4 Å². The molecule has 0 amide bonds. The average Bonchev–Trinajstić information content (AvgIpc) is 3.03. The van der Waals surface area contributed by atoms with Gasteiger partial charge in [0.15, 0.2) is 5.69 Å². The van der Waals surface area contributed by atoms with Gasteiger partial charge in [0.25, 0.3) is 0 Å². The lowest BCUT2D eigenvalue weighted by molar-refractivity contribution is 0.0593. The Labute approximate surface area is 150 Å². The maximum absolute atomic E-state index is 12.1. The maximum Gasteiger partial charge on any atom is 0.357 e. The van der Waals surface area contributed by atoms with Crippen LogP contribution in [-0.4, -0.2) is 22.6 Å². The molecule has 0 fully saturated rings. The molecule has 0 saturated heterocycles. The minimum Gasteiger partial charge on any atom is -0.464 e. The van der Waals surface area contributed by atoms with E-state index in [1.807, 2.05) is 60.7 Å². The number of nitrogens with two attached hydrogens (primary N) is 1. The van der Waals surface area contributed by atoms with Gasteiger partial charge in [-0.3, -0.25) is 4.98 Å². The summed E-state index contributed by atoms with van der Waals surface area (Å²) in [6.07, 6.45) is 7.07. The average molecular weight is 344 g/mol. The van der Waals surface area contributed by atoms with Crippen LogP contribution in [0.25, 0.3) is 17.8 Å². The molecule has 2 aromatic heterocycles. The number of nitrogen functional groups attached to an aromatic ring is 1. The summed E-state index contributed by atoms with van der Waals surface area (Å²) in [5.74, 6) is -0.599. The van der Waals surface area contributed by atoms with Crippen molar-refractivity contribution in [1.82, 2.24) is 9.55 Å². The Kier molecular flexibility index (Phi) is 4.81. The van der Waals surface area contributed by atoms with E-state index in [-0.39, 0.29) is 16.9 Å². The highest BCUT2D eigenvalue weighted by molar-refractivity contribution is 5.96. The smallest absolute Gasteiger partial charge is 0.357 e. The lowest BCUT2D eigenvalue weighted by atomic mass is 10.1. The topological polar surface area (TPSA) is 93.9 Å². The Bertz CT molecular complexity index is 1010. The highest BCUT2D eigenvalue weighted by atomic mass is 16.5. The Balaban J connectivity index is 2.02. The summed E-state index contributed by atoms with van der Waals surface area (Å²) >= 11 is 0. The SMILES string of the molecule is COC(=O)c1c(N)c(C#N)cn1-c1cccc(C=Cc2ccccn2)c1. The van der Waals surface area contributed by atoms with E-state index in [4.69, 9.17) is 10.5 Å². The number of ether oxygens (including phenoxy) is 1. The summed E-state index contributed by atoms with van der Waals surface area (Å²) < 4.78 is 6.37. The molecule has 0 radical (unpaired) electrons. The number of nitriles is 1. The van der Waals surface area contributed by atoms with Crippen molar-refractivity contribution < 1.29 is 9.53 Å². The molecule has 0 bridgehead atoms. The van der Waals surface area contributed by atoms with E-state index >= 15 is 0 Å². The Morgan fingerprint density at radius 2 is 2.12 bits per heavy atom. The van der Waals surface area contributed by atoms with Crippen LogP contribution in [-0.2, 0) is 4.74 Å². The summed E-state index contributed by atoms with van der Waals surface area (Å²) in [5.41, 5.74) is 8.84. The number of carbonyl (C=O) groups excluding carboxylic acids is 1. The number of benzene rings is 1. The van der Waals surface area contributed by atoms with Gasteiger partial charge in [-0.2, -0.15) is 5.26 Å². The molecular weight excluding hydrogens is 328 g/mol. The highest BCUT2D eigenvalue weighted by Gasteiger charge is 2.21. The first-order valence-corrected chi connectivity index (χ1v) is 7.83. The molecule has 3 rings (SSSR count). The zero-order chi connectivity index (χ0) is 18.5. The van der Waals surface area contributed by atoms with Gasteiger partial charge in [-0.1, -0.05) is 24.3 Å². The van der Waals surface area contributed by atoms with Gasteiger partial charge in [0.05, 0.1) is 24.1 Å². The third-order valence-electron chi connectivity index (χ3n) is 3.83. The second-order valence-corrected chi connectivity index (χ2v) is 5.46. The monoisotopic (exact) mass is 344 g/mol. The van der Waals surface area contributed by atoms with Crippen molar-refractivity contribution in [1.29, 1.82) is 5.26 Å². The molecule has 2 heterocycles. The highest BCUT2D eigenvalue weighted by Crippen LogP contribution is 2.25. The summed E-state index contributed by atoms with van der Waals surface area (Å²) in [6.45, 7) is 0. The Morgan fingerprint density at radius 3 is 2.81 bits per heavy atom. The number of aromatic nitrogens is 2. The molecule has 26 heavy (non-hydrogen) atoms. The number of methoxy groups -OCH3 is 1. The first kappa shape index (κ1) is 17.0. The van der Waals surface area contributed by atoms with E-state index in [9.17, 15) is 10.1 Å². The minimum atomic E-state index is -0.599. The Morgan fingerprint density at radius 1 is 1.27 bits per heavy atom. The van der Waals surface area contributed by atoms with Crippen LogP contribution in [0.3, 0.4) is 0 Å². The molecule has 0 unspecified atom stereocenters. The molecule has 0 aliphatic carbocycles. The lowest BCUT2D eigenvalue weighted by Gasteiger charge is -2.09. The molecule has 0 aliphatic rings. The largest absolute Gasteiger partial charge is 0.464 e. The zero-order valence-electron chi connectivity index (χ0n) is 14.1. The van der Waals surface area contributed by atoms with Crippen LogP contribution in [0.5, 0.6) is 0 Å². The standard InChI is InChI=1S/C20H16N4O2/c1-26-20(25)19-18(22)15(12-21)13-24(19)17-7-4-5-14(11-17)8-9-16-6-2-3-10-23-16/h2-11,13H,22H2,1H3. The van der Waals surface area contributed by atoms with Crippen molar-refractivity contribution in [2.24, 2.45) is 0 Å². The van der Waals surface area contributed by atoms with Crippen molar-refractivity contribution >= 4 is 23.8 Å². The van der Waals surface area contributed by atoms with Crippen LogP contribution in [0, 0.1) is 11.3 Å². The molecule has 128 valence electrons. The van der Waals surface area contributed by atoms with Crippen LogP contribution in [0.2, 0.25) is 0 Å². The maximum atomic E-state index is 12.1. The number of anilines is 1. The van der Waals surface area contributed by atoms with Crippen LogP contribution in [0.4, 0.5) is 5.69 Å². The van der Waals surface area contributed by atoms with Gasteiger partial charge < -0.3 is 15.0 Å². The van der Waals surface area contributed by atoms with Crippen molar-refractivity contribution in [3.8, 4) is 11.8 Å². The van der Waals surface area contributed by atoms with Crippen LogP contribution in [0.15, 0.2) is 54.9 Å². The van der Waals surface area contributed by atoms with Gasteiger partial charge in [0.2, 0.25) is 0 Å². The molecule has 3 aromatic rings. The normalized spacial score (nSPS) is 10.6. The van der Waals surface area contributed by atoms with Gasteiger partial charge in [-0.25, -0.2) is 4.79 Å². The first-order chi connectivity index (χ1) is 12.6. The fraction of sp³-hybridized carbons (Fsp3) is 0.0500. The third kappa shape index (κ3) is 3.32. The summed E-state index contributed by atoms with van der Waals surface area (Å²) in [6, 6.07) is 15.2. The van der Waals surface area contributed by atoms with E-state index in [1.54, 1.807) is 10.8 Å².